The van der Waals surface area contributed by atoms with Gasteiger partial charge in [0.25, 0.3) is 0 Å². The van der Waals surface area contributed by atoms with E-state index in [1.54, 1.807) is 6.08 Å². The van der Waals surface area contributed by atoms with Gasteiger partial charge in [0.15, 0.2) is 0 Å². The van der Waals surface area contributed by atoms with E-state index in [4.69, 9.17) is 5.11 Å². The van der Waals surface area contributed by atoms with E-state index in [9.17, 15) is 4.79 Å². The minimum atomic E-state index is -0.692. The summed E-state index contributed by atoms with van der Waals surface area (Å²) in [6.07, 6.45) is 5.60. The predicted molar refractivity (Wildman–Crippen MR) is 38.7 cm³/mol. The fourth-order valence-corrected chi connectivity index (χ4v) is 1.16. The molecule has 1 N–H and O–H groups in total. The Balaban J connectivity index is 2.53. The molecule has 2 atom stereocenters. The first-order valence-corrected chi connectivity index (χ1v) is 3.61. The molecule has 2 nitrogen and oxygen atoms in total. The van der Waals surface area contributed by atoms with E-state index >= 15 is 0 Å². The molecule has 1 aliphatic rings. The lowest BCUT2D eigenvalue weighted by Gasteiger charge is -2.15. The third-order valence-electron chi connectivity index (χ3n) is 1.92. The van der Waals surface area contributed by atoms with Crippen molar-refractivity contribution in [2.24, 2.45) is 11.8 Å². The Kier molecular flexibility index (Phi) is 2.10. The van der Waals surface area contributed by atoms with Crippen LogP contribution in [0.2, 0.25) is 0 Å². The summed E-state index contributed by atoms with van der Waals surface area (Å²) in [5, 5.41) is 8.57. The number of allylic oxidation sites excluding steroid dienone is 1. The largest absolute Gasteiger partial charge is 0.481 e. The molecule has 0 unspecified atom stereocenters. The van der Waals surface area contributed by atoms with Gasteiger partial charge in [0, 0.05) is 0 Å². The van der Waals surface area contributed by atoms with Gasteiger partial charge in [-0.25, -0.2) is 0 Å². The maximum Gasteiger partial charge on any atom is 0.310 e. The van der Waals surface area contributed by atoms with Gasteiger partial charge in [-0.3, -0.25) is 4.79 Å². The molecular weight excluding hydrogens is 128 g/mol. The molecule has 0 aliphatic heterocycles. The topological polar surface area (TPSA) is 37.3 Å². The van der Waals surface area contributed by atoms with Crippen molar-refractivity contribution in [2.45, 2.75) is 19.8 Å². The number of carboxylic acids is 1. The smallest absolute Gasteiger partial charge is 0.310 e. The van der Waals surface area contributed by atoms with E-state index in [1.807, 2.05) is 6.08 Å². The van der Waals surface area contributed by atoms with Gasteiger partial charge in [0.1, 0.15) is 0 Å². The second kappa shape index (κ2) is 2.86. The highest BCUT2D eigenvalue weighted by molar-refractivity contribution is 5.72. The molecule has 10 heavy (non-hydrogen) atoms. The van der Waals surface area contributed by atoms with Crippen molar-refractivity contribution in [1.29, 1.82) is 0 Å². The minimum Gasteiger partial charge on any atom is -0.481 e. The molecule has 1 aliphatic carbocycles. The predicted octanol–water partition coefficient (Wildman–Crippen LogP) is 1.67. The summed E-state index contributed by atoms with van der Waals surface area (Å²) in [5.41, 5.74) is 0. The number of hydrogen-bond donors (Lipinski definition) is 1. The summed E-state index contributed by atoms with van der Waals surface area (Å²) in [6, 6.07) is 0. The minimum absolute atomic E-state index is 0.226. The van der Waals surface area contributed by atoms with Crippen LogP contribution in [0.25, 0.3) is 0 Å². The molecular formula is C8H12O2. The summed E-state index contributed by atoms with van der Waals surface area (Å²) < 4.78 is 0. The van der Waals surface area contributed by atoms with Crippen molar-refractivity contribution in [3.05, 3.63) is 12.2 Å². The third-order valence-corrected chi connectivity index (χ3v) is 1.92. The normalized spacial score (nSPS) is 32.1. The molecule has 0 amide bonds. The lowest BCUT2D eigenvalue weighted by Crippen LogP contribution is -2.15. The number of carbonyl (C=O) groups is 1. The van der Waals surface area contributed by atoms with Crippen molar-refractivity contribution in [3.63, 3.8) is 0 Å². The second-order valence-corrected chi connectivity index (χ2v) is 2.88. The maximum atomic E-state index is 10.4. The van der Waals surface area contributed by atoms with E-state index in [0.29, 0.717) is 5.92 Å². The first kappa shape index (κ1) is 7.32. The van der Waals surface area contributed by atoms with E-state index < -0.39 is 5.97 Å². The second-order valence-electron chi connectivity index (χ2n) is 2.88. The standard InChI is InChI=1S/C8H12O2/c1-6-2-4-7(5-3-6)8(9)10/h2,4,6-7H,3,5H2,1H3,(H,9,10)/t6-,7+/m0/s1. The Morgan fingerprint density at radius 2 is 2.20 bits per heavy atom. The summed E-state index contributed by atoms with van der Waals surface area (Å²) in [7, 11) is 0. The van der Waals surface area contributed by atoms with Crippen molar-refractivity contribution in [1.82, 2.24) is 0 Å². The van der Waals surface area contributed by atoms with Crippen LogP contribution in [-0.4, -0.2) is 11.1 Å². The van der Waals surface area contributed by atoms with Crippen LogP contribution in [0.4, 0.5) is 0 Å². The fourth-order valence-electron chi connectivity index (χ4n) is 1.16. The highest BCUT2D eigenvalue weighted by atomic mass is 16.4. The molecule has 0 saturated carbocycles. The van der Waals surface area contributed by atoms with Gasteiger partial charge in [-0.1, -0.05) is 19.1 Å². The van der Waals surface area contributed by atoms with Crippen LogP contribution in [0.5, 0.6) is 0 Å². The first-order valence-electron chi connectivity index (χ1n) is 3.61. The number of carboxylic acid groups (broad SMARTS) is 1. The van der Waals surface area contributed by atoms with Crippen LogP contribution in [0, 0.1) is 11.8 Å². The Labute approximate surface area is 60.6 Å². The monoisotopic (exact) mass is 140 g/mol. The summed E-state index contributed by atoms with van der Waals surface area (Å²) in [5.74, 6) is -0.352. The lowest BCUT2D eigenvalue weighted by molar-refractivity contribution is -0.140. The van der Waals surface area contributed by atoms with E-state index in [-0.39, 0.29) is 5.92 Å². The zero-order chi connectivity index (χ0) is 7.56. The summed E-state index contributed by atoms with van der Waals surface area (Å²) >= 11 is 0. The van der Waals surface area contributed by atoms with Gasteiger partial charge in [-0.2, -0.15) is 0 Å². The van der Waals surface area contributed by atoms with Crippen molar-refractivity contribution < 1.29 is 9.90 Å². The molecule has 0 aromatic rings. The molecule has 0 saturated heterocycles. The van der Waals surface area contributed by atoms with Crippen LogP contribution in [0.3, 0.4) is 0 Å². The molecule has 0 aromatic carbocycles. The molecule has 0 heterocycles. The highest BCUT2D eigenvalue weighted by Gasteiger charge is 2.18. The molecule has 0 bridgehead atoms. The third kappa shape index (κ3) is 1.59. The van der Waals surface area contributed by atoms with Crippen LogP contribution < -0.4 is 0 Å². The SMILES string of the molecule is C[C@H]1C=C[C@@H](C(=O)O)CC1. The van der Waals surface area contributed by atoms with Gasteiger partial charge < -0.3 is 5.11 Å². The quantitative estimate of drug-likeness (QED) is 0.562. The number of aliphatic carboxylic acids is 1. The average Bonchev–Trinajstić information content (AvgIpc) is 1.88. The van der Waals surface area contributed by atoms with E-state index in [1.165, 1.54) is 0 Å². The highest BCUT2D eigenvalue weighted by Crippen LogP contribution is 2.21. The Hall–Kier alpha value is -0.790. The molecule has 1 rings (SSSR count). The lowest BCUT2D eigenvalue weighted by atomic mass is 9.90. The Bertz CT molecular complexity index is 161. The molecule has 0 spiro atoms. The zero-order valence-corrected chi connectivity index (χ0v) is 6.08. The molecule has 0 radical (unpaired) electrons. The molecule has 0 aromatic heterocycles. The van der Waals surface area contributed by atoms with Gasteiger partial charge in [-0.05, 0) is 18.8 Å². The number of rotatable bonds is 1. The van der Waals surface area contributed by atoms with Crippen LogP contribution in [0.15, 0.2) is 12.2 Å². The molecule has 56 valence electrons. The van der Waals surface area contributed by atoms with Crippen LogP contribution >= 0.6 is 0 Å². The van der Waals surface area contributed by atoms with Crippen LogP contribution in [-0.2, 0) is 4.79 Å². The Morgan fingerprint density at radius 1 is 1.50 bits per heavy atom. The number of hydrogen-bond acceptors (Lipinski definition) is 1. The van der Waals surface area contributed by atoms with Gasteiger partial charge in [-0.15, -0.1) is 0 Å². The van der Waals surface area contributed by atoms with Crippen molar-refractivity contribution in [2.75, 3.05) is 0 Å². The summed E-state index contributed by atoms with van der Waals surface area (Å²) in [4.78, 5) is 10.4. The molecule has 0 fully saturated rings. The summed E-state index contributed by atoms with van der Waals surface area (Å²) in [6.45, 7) is 2.11. The first-order chi connectivity index (χ1) is 4.70. The van der Waals surface area contributed by atoms with Crippen molar-refractivity contribution in [3.8, 4) is 0 Å². The van der Waals surface area contributed by atoms with E-state index in [0.717, 1.165) is 12.8 Å². The maximum absolute atomic E-state index is 10.4. The van der Waals surface area contributed by atoms with Gasteiger partial charge in [0.05, 0.1) is 5.92 Å². The van der Waals surface area contributed by atoms with Gasteiger partial charge >= 0.3 is 5.97 Å². The average molecular weight is 140 g/mol. The van der Waals surface area contributed by atoms with Crippen molar-refractivity contribution >= 4 is 5.97 Å². The van der Waals surface area contributed by atoms with Crippen LogP contribution in [0.1, 0.15) is 19.8 Å². The Morgan fingerprint density at radius 3 is 2.60 bits per heavy atom. The van der Waals surface area contributed by atoms with E-state index in [2.05, 4.69) is 6.92 Å². The fraction of sp³-hybridized carbons (Fsp3) is 0.625. The van der Waals surface area contributed by atoms with Gasteiger partial charge in [0.2, 0.25) is 0 Å². The molecule has 2 heteroatoms. The zero-order valence-electron chi connectivity index (χ0n) is 6.08.